The molecule has 0 radical (unpaired) electrons. The summed E-state index contributed by atoms with van der Waals surface area (Å²) in [6.07, 6.45) is 3.02. The molecular weight excluding hydrogens is 470 g/mol. The van der Waals surface area contributed by atoms with E-state index in [2.05, 4.69) is 20.9 Å². The van der Waals surface area contributed by atoms with Gasteiger partial charge < -0.3 is 16.0 Å². The first-order valence-corrected chi connectivity index (χ1v) is 13.0. The van der Waals surface area contributed by atoms with Gasteiger partial charge in [-0.3, -0.25) is 9.59 Å². The van der Waals surface area contributed by atoms with Crippen molar-refractivity contribution in [1.29, 1.82) is 0 Å². The summed E-state index contributed by atoms with van der Waals surface area (Å²) in [5.74, 6) is -0.912. The number of carbonyl (C=O) groups excluding carboxylic acids is 3. The zero-order chi connectivity index (χ0) is 25.5. The highest BCUT2D eigenvalue weighted by Gasteiger charge is 2.38. The number of nitrogens with one attached hydrogen (secondary N) is 3. The second kappa shape index (κ2) is 11.4. The van der Waals surface area contributed by atoms with Gasteiger partial charge in [-0.05, 0) is 50.5 Å². The number of sulfonamides is 1. The van der Waals surface area contributed by atoms with Crippen molar-refractivity contribution in [2.75, 3.05) is 18.4 Å². The predicted octanol–water partition coefficient (Wildman–Crippen LogP) is 2.30. The monoisotopic (exact) mass is 501 g/mol. The minimum absolute atomic E-state index is 0.126. The summed E-state index contributed by atoms with van der Waals surface area (Å²) in [5.41, 5.74) is -0.683. The van der Waals surface area contributed by atoms with Crippen molar-refractivity contribution < 1.29 is 22.8 Å². The molecular formula is C24H31N5O5S. The van der Waals surface area contributed by atoms with Crippen LogP contribution in [-0.2, 0) is 19.6 Å². The molecule has 0 spiro atoms. The van der Waals surface area contributed by atoms with Gasteiger partial charge in [-0.2, -0.15) is 4.31 Å². The molecule has 35 heavy (non-hydrogen) atoms. The van der Waals surface area contributed by atoms with Gasteiger partial charge in [-0.25, -0.2) is 18.2 Å². The van der Waals surface area contributed by atoms with E-state index in [-0.39, 0.29) is 24.5 Å². The Hall–Kier alpha value is -3.31. The van der Waals surface area contributed by atoms with Crippen molar-refractivity contribution in [2.45, 2.75) is 56.1 Å². The molecule has 1 aromatic carbocycles. The average Bonchev–Trinajstić information content (AvgIpc) is 3.02. The molecule has 2 heterocycles. The van der Waals surface area contributed by atoms with Crippen molar-refractivity contribution in [3.8, 4) is 0 Å². The van der Waals surface area contributed by atoms with Gasteiger partial charge in [0.1, 0.15) is 5.54 Å². The highest BCUT2D eigenvalue weighted by molar-refractivity contribution is 7.89. The molecule has 11 heteroatoms. The third-order valence-corrected chi connectivity index (χ3v) is 7.60. The van der Waals surface area contributed by atoms with Crippen LogP contribution in [-0.4, -0.2) is 60.1 Å². The number of ketones is 1. The summed E-state index contributed by atoms with van der Waals surface area (Å²) in [6.45, 7) is 3.27. The Balaban J connectivity index is 1.67. The zero-order valence-corrected chi connectivity index (χ0v) is 20.7. The number of benzene rings is 1. The second-order valence-electron chi connectivity index (χ2n) is 8.67. The molecule has 1 saturated heterocycles. The number of carbonyl (C=O) groups is 3. The maximum atomic E-state index is 13.2. The van der Waals surface area contributed by atoms with Crippen molar-refractivity contribution in [2.24, 2.45) is 0 Å². The van der Waals surface area contributed by atoms with Crippen LogP contribution in [0.15, 0.2) is 59.8 Å². The molecule has 3 amide bonds. The zero-order valence-electron chi connectivity index (χ0n) is 19.9. The van der Waals surface area contributed by atoms with E-state index in [1.54, 1.807) is 43.3 Å². The molecule has 0 saturated carbocycles. The molecule has 2 atom stereocenters. The molecule has 188 valence electrons. The average molecular weight is 502 g/mol. The van der Waals surface area contributed by atoms with E-state index in [4.69, 9.17) is 0 Å². The van der Waals surface area contributed by atoms with Gasteiger partial charge in [0, 0.05) is 18.4 Å². The van der Waals surface area contributed by atoms with Crippen molar-refractivity contribution in [3.63, 3.8) is 0 Å². The van der Waals surface area contributed by atoms with Crippen LogP contribution in [0.2, 0.25) is 0 Å². The Morgan fingerprint density at radius 1 is 1.14 bits per heavy atom. The van der Waals surface area contributed by atoms with Crippen LogP contribution < -0.4 is 16.0 Å². The SMILES string of the molecule is CCC[C@](C)(NC(=O)Nc1ccccc1)C(=O)NC1CCCN(S(=O)(=O)c2ccccn2)CC1=O. The topological polar surface area (TPSA) is 138 Å². The minimum Gasteiger partial charge on any atom is -0.344 e. The third kappa shape index (κ3) is 6.64. The summed E-state index contributed by atoms with van der Waals surface area (Å²) >= 11 is 0. The Bertz CT molecular complexity index is 1140. The lowest BCUT2D eigenvalue weighted by molar-refractivity contribution is -0.131. The fourth-order valence-corrected chi connectivity index (χ4v) is 5.35. The highest BCUT2D eigenvalue weighted by Crippen LogP contribution is 2.19. The maximum Gasteiger partial charge on any atom is 0.320 e. The van der Waals surface area contributed by atoms with E-state index in [1.165, 1.54) is 12.3 Å². The van der Waals surface area contributed by atoms with E-state index in [9.17, 15) is 22.8 Å². The Morgan fingerprint density at radius 2 is 1.86 bits per heavy atom. The van der Waals surface area contributed by atoms with Gasteiger partial charge in [0.25, 0.3) is 10.0 Å². The lowest BCUT2D eigenvalue weighted by Crippen LogP contribution is -2.60. The van der Waals surface area contributed by atoms with E-state index >= 15 is 0 Å². The van der Waals surface area contributed by atoms with Crippen LogP contribution in [0, 0.1) is 0 Å². The van der Waals surface area contributed by atoms with Crippen LogP contribution in [0.25, 0.3) is 0 Å². The number of hydrogen-bond acceptors (Lipinski definition) is 6. The number of Topliss-reactive ketones (excluding diaryl/α,β-unsaturated/α-hetero) is 1. The molecule has 1 aliphatic heterocycles. The number of rotatable bonds is 8. The number of urea groups is 1. The second-order valence-corrected chi connectivity index (χ2v) is 10.6. The van der Waals surface area contributed by atoms with Gasteiger partial charge >= 0.3 is 6.03 Å². The highest BCUT2D eigenvalue weighted by atomic mass is 32.2. The number of para-hydroxylation sites is 1. The van der Waals surface area contributed by atoms with Gasteiger partial charge in [-0.1, -0.05) is 37.6 Å². The fourth-order valence-electron chi connectivity index (χ4n) is 3.97. The molecule has 3 rings (SSSR count). The van der Waals surface area contributed by atoms with Crippen LogP contribution in [0.1, 0.15) is 39.5 Å². The molecule has 10 nitrogen and oxygen atoms in total. The van der Waals surface area contributed by atoms with E-state index in [0.717, 1.165) is 4.31 Å². The number of hydrogen-bond donors (Lipinski definition) is 3. The van der Waals surface area contributed by atoms with Crippen molar-refractivity contribution in [1.82, 2.24) is 19.9 Å². The summed E-state index contributed by atoms with van der Waals surface area (Å²) in [5, 5.41) is 8.05. The fraction of sp³-hybridized carbons (Fsp3) is 0.417. The quantitative estimate of drug-likeness (QED) is 0.508. The van der Waals surface area contributed by atoms with Gasteiger partial charge in [-0.15, -0.1) is 0 Å². The molecule has 1 aliphatic rings. The normalized spacial score (nSPS) is 18.7. The molecule has 1 unspecified atom stereocenters. The smallest absolute Gasteiger partial charge is 0.320 e. The standard InChI is InChI=1S/C24H31N5O5S/c1-3-14-24(2,28-23(32)26-18-10-5-4-6-11-18)22(31)27-19-12-9-16-29(17-20(19)30)35(33,34)21-13-7-8-15-25-21/h4-8,10-11,13,15,19H,3,9,12,14,16-17H2,1-2H3,(H,27,31)(H2,26,28,32)/t19?,24-/m0/s1. The molecule has 3 N–H and O–H groups in total. The van der Waals surface area contributed by atoms with Crippen molar-refractivity contribution in [3.05, 3.63) is 54.7 Å². The lowest BCUT2D eigenvalue weighted by atomic mass is 9.94. The first kappa shape index (κ1) is 26.3. The number of nitrogens with zero attached hydrogens (tertiary/aromatic N) is 2. The third-order valence-electron chi connectivity index (χ3n) is 5.84. The summed E-state index contributed by atoms with van der Waals surface area (Å²) in [7, 11) is -3.93. The molecule has 1 aromatic heterocycles. The molecule has 0 bridgehead atoms. The summed E-state index contributed by atoms with van der Waals surface area (Å²) in [4.78, 5) is 42.6. The largest absolute Gasteiger partial charge is 0.344 e. The Morgan fingerprint density at radius 3 is 2.51 bits per heavy atom. The molecule has 1 fully saturated rings. The van der Waals surface area contributed by atoms with Crippen molar-refractivity contribution >= 4 is 33.4 Å². The predicted molar refractivity (Wildman–Crippen MR) is 131 cm³/mol. The Labute approximate surface area is 205 Å². The number of aromatic nitrogens is 1. The van der Waals surface area contributed by atoms with E-state index in [0.29, 0.717) is 24.9 Å². The van der Waals surface area contributed by atoms with Gasteiger partial charge in [0.15, 0.2) is 10.8 Å². The van der Waals surface area contributed by atoms with Crippen LogP contribution >= 0.6 is 0 Å². The number of amides is 3. The molecule has 0 aliphatic carbocycles. The van der Waals surface area contributed by atoms with Crippen LogP contribution in [0.3, 0.4) is 0 Å². The lowest BCUT2D eigenvalue weighted by Gasteiger charge is -2.31. The van der Waals surface area contributed by atoms with Crippen LogP contribution in [0.4, 0.5) is 10.5 Å². The van der Waals surface area contributed by atoms with Crippen LogP contribution in [0.5, 0.6) is 0 Å². The maximum absolute atomic E-state index is 13.2. The molecule has 2 aromatic rings. The first-order valence-electron chi connectivity index (χ1n) is 11.5. The number of pyridine rings is 1. The number of anilines is 1. The Kier molecular flexibility index (Phi) is 8.57. The minimum atomic E-state index is -3.93. The van der Waals surface area contributed by atoms with Gasteiger partial charge in [0.2, 0.25) is 5.91 Å². The van der Waals surface area contributed by atoms with E-state index in [1.807, 2.05) is 13.0 Å². The summed E-state index contributed by atoms with van der Waals surface area (Å²) < 4.78 is 26.9. The van der Waals surface area contributed by atoms with Gasteiger partial charge in [0.05, 0.1) is 12.6 Å². The summed E-state index contributed by atoms with van der Waals surface area (Å²) in [6, 6.07) is 12.0. The first-order chi connectivity index (χ1) is 16.7. The van der Waals surface area contributed by atoms with E-state index < -0.39 is 39.3 Å².